The Balaban J connectivity index is 4.13. The predicted octanol–water partition coefficient (Wildman–Crippen LogP) is 0.317. The third kappa shape index (κ3) is 2.84. The van der Waals surface area contributed by atoms with Crippen LogP contribution in [0.1, 0.15) is 6.92 Å². The first-order valence-corrected chi connectivity index (χ1v) is 3.54. The molecule has 11 heavy (non-hydrogen) atoms. The van der Waals surface area contributed by atoms with Crippen LogP contribution >= 0.6 is 0 Å². The van der Waals surface area contributed by atoms with Gasteiger partial charge in [0.05, 0.1) is 0 Å². The second-order valence-electron chi connectivity index (χ2n) is 2.13. The summed E-state index contributed by atoms with van der Waals surface area (Å²) in [5, 5.41) is 18.4. The Morgan fingerprint density at radius 3 is 1.82 bits per heavy atom. The molecule has 0 aromatic carbocycles. The van der Waals surface area contributed by atoms with E-state index in [1.807, 2.05) is 6.92 Å². The number of hydrogen-bond acceptors (Lipinski definition) is 3. The highest BCUT2D eigenvalue weighted by Crippen LogP contribution is 2.02. The Bertz CT molecular complexity index is 122. The van der Waals surface area contributed by atoms with E-state index in [4.69, 9.17) is 0 Å². The number of hydrogen-bond donors (Lipinski definition) is 2. The molecule has 0 aromatic heterocycles. The van der Waals surface area contributed by atoms with Gasteiger partial charge >= 0.3 is 0 Å². The normalized spacial score (nSPS) is 16.0. The first-order valence-electron chi connectivity index (χ1n) is 3.54. The SMILES string of the molecule is C=CC(O)N(CC)C(O)C=C. The van der Waals surface area contributed by atoms with Crippen molar-refractivity contribution in [2.45, 2.75) is 19.4 Å². The van der Waals surface area contributed by atoms with Crippen molar-refractivity contribution in [3.63, 3.8) is 0 Å². The van der Waals surface area contributed by atoms with Crippen LogP contribution < -0.4 is 0 Å². The van der Waals surface area contributed by atoms with Gasteiger partial charge in [0.15, 0.2) is 0 Å². The van der Waals surface area contributed by atoms with Crippen molar-refractivity contribution in [3.05, 3.63) is 25.3 Å². The van der Waals surface area contributed by atoms with Crippen molar-refractivity contribution in [1.29, 1.82) is 0 Å². The number of aliphatic hydroxyl groups is 2. The molecule has 0 rings (SSSR count). The first kappa shape index (κ1) is 10.4. The second-order valence-corrected chi connectivity index (χ2v) is 2.13. The lowest BCUT2D eigenvalue weighted by molar-refractivity contribution is -0.0522. The Morgan fingerprint density at radius 2 is 1.64 bits per heavy atom. The number of nitrogens with zero attached hydrogens (tertiary/aromatic N) is 1. The van der Waals surface area contributed by atoms with E-state index < -0.39 is 12.5 Å². The maximum absolute atomic E-state index is 9.22. The molecule has 0 fully saturated rings. The summed E-state index contributed by atoms with van der Waals surface area (Å²) >= 11 is 0. The van der Waals surface area contributed by atoms with Crippen molar-refractivity contribution in [2.75, 3.05) is 6.54 Å². The summed E-state index contributed by atoms with van der Waals surface area (Å²) in [7, 11) is 0. The Hall–Kier alpha value is -0.640. The van der Waals surface area contributed by atoms with Gasteiger partial charge in [0.25, 0.3) is 0 Å². The molecule has 0 heterocycles. The van der Waals surface area contributed by atoms with Crippen LogP contribution in [0.5, 0.6) is 0 Å². The Morgan fingerprint density at radius 1 is 1.27 bits per heavy atom. The lowest BCUT2D eigenvalue weighted by Gasteiger charge is -2.26. The van der Waals surface area contributed by atoms with Crippen LogP contribution in [-0.2, 0) is 0 Å². The summed E-state index contributed by atoms with van der Waals surface area (Å²) < 4.78 is 0. The van der Waals surface area contributed by atoms with Gasteiger partial charge in [-0.05, 0) is 12.2 Å². The van der Waals surface area contributed by atoms with Gasteiger partial charge in [-0.15, -0.1) is 0 Å². The van der Waals surface area contributed by atoms with E-state index in [0.29, 0.717) is 6.54 Å². The van der Waals surface area contributed by atoms with Gasteiger partial charge in [0.2, 0.25) is 0 Å². The predicted molar refractivity (Wildman–Crippen MR) is 44.8 cm³/mol. The molecule has 2 unspecified atom stereocenters. The molecule has 2 N–H and O–H groups in total. The molecule has 64 valence electrons. The summed E-state index contributed by atoms with van der Waals surface area (Å²) in [5.74, 6) is 0. The summed E-state index contributed by atoms with van der Waals surface area (Å²) in [6.45, 7) is 9.19. The van der Waals surface area contributed by atoms with Crippen molar-refractivity contribution in [3.8, 4) is 0 Å². The van der Waals surface area contributed by atoms with Gasteiger partial charge in [-0.25, -0.2) is 4.90 Å². The summed E-state index contributed by atoms with van der Waals surface area (Å²) in [6.07, 6.45) is 1.09. The average molecular weight is 157 g/mol. The molecular formula is C8H15NO2. The molecule has 0 radical (unpaired) electrons. The van der Waals surface area contributed by atoms with Crippen LogP contribution in [0.3, 0.4) is 0 Å². The number of aliphatic hydroxyl groups excluding tert-OH is 2. The molecule has 0 aliphatic heterocycles. The van der Waals surface area contributed by atoms with Crippen LogP contribution in [-0.4, -0.2) is 34.1 Å². The third-order valence-electron chi connectivity index (χ3n) is 1.47. The van der Waals surface area contributed by atoms with E-state index in [1.54, 1.807) is 0 Å². The standard InChI is InChI=1S/C8H15NO2/c1-4-7(10)9(6-3)8(11)5-2/h4-5,7-8,10-11H,1-2,6H2,3H3. The highest BCUT2D eigenvalue weighted by Gasteiger charge is 2.15. The van der Waals surface area contributed by atoms with Crippen LogP contribution in [0.2, 0.25) is 0 Å². The van der Waals surface area contributed by atoms with Crippen LogP contribution in [0, 0.1) is 0 Å². The summed E-state index contributed by atoms with van der Waals surface area (Å²) in [4.78, 5) is 1.44. The zero-order valence-electron chi connectivity index (χ0n) is 6.77. The monoisotopic (exact) mass is 157 g/mol. The molecule has 0 bridgehead atoms. The summed E-state index contributed by atoms with van der Waals surface area (Å²) in [5.41, 5.74) is 0. The summed E-state index contributed by atoms with van der Waals surface area (Å²) in [6, 6.07) is 0. The zero-order valence-corrected chi connectivity index (χ0v) is 6.77. The molecule has 0 saturated heterocycles. The lowest BCUT2D eigenvalue weighted by Crippen LogP contribution is -2.40. The van der Waals surface area contributed by atoms with Crippen molar-refractivity contribution < 1.29 is 10.2 Å². The van der Waals surface area contributed by atoms with Gasteiger partial charge in [-0.2, -0.15) is 0 Å². The fourth-order valence-electron chi connectivity index (χ4n) is 0.801. The lowest BCUT2D eigenvalue weighted by atomic mass is 10.4. The smallest absolute Gasteiger partial charge is 0.128 e. The van der Waals surface area contributed by atoms with Gasteiger partial charge in [-0.1, -0.05) is 20.1 Å². The molecule has 0 aliphatic rings. The topological polar surface area (TPSA) is 43.7 Å². The number of rotatable bonds is 5. The minimum atomic E-state index is -0.812. The highest BCUT2D eigenvalue weighted by atomic mass is 16.3. The molecule has 0 aliphatic carbocycles. The minimum Gasteiger partial charge on any atom is -0.375 e. The molecular weight excluding hydrogens is 142 g/mol. The number of likely N-dealkylation sites (N-methyl/N-ethyl adjacent to an activating group) is 1. The molecule has 2 atom stereocenters. The van der Waals surface area contributed by atoms with Gasteiger partial charge < -0.3 is 10.2 Å². The van der Waals surface area contributed by atoms with Crippen molar-refractivity contribution in [1.82, 2.24) is 4.90 Å². The van der Waals surface area contributed by atoms with E-state index in [9.17, 15) is 10.2 Å². The largest absolute Gasteiger partial charge is 0.375 e. The maximum Gasteiger partial charge on any atom is 0.128 e. The van der Waals surface area contributed by atoms with E-state index in [-0.39, 0.29) is 0 Å². The fraction of sp³-hybridized carbons (Fsp3) is 0.500. The minimum absolute atomic E-state index is 0.542. The maximum atomic E-state index is 9.22. The molecule has 0 amide bonds. The van der Waals surface area contributed by atoms with Gasteiger partial charge in [-0.3, -0.25) is 0 Å². The fourth-order valence-corrected chi connectivity index (χ4v) is 0.801. The van der Waals surface area contributed by atoms with Gasteiger partial charge in [0, 0.05) is 6.54 Å². The first-order chi connectivity index (χ1) is 5.17. The zero-order chi connectivity index (χ0) is 8.85. The molecule has 3 nitrogen and oxygen atoms in total. The van der Waals surface area contributed by atoms with Crippen LogP contribution in [0.25, 0.3) is 0 Å². The second kappa shape index (κ2) is 5.07. The van der Waals surface area contributed by atoms with Crippen LogP contribution in [0.15, 0.2) is 25.3 Å². The van der Waals surface area contributed by atoms with E-state index in [1.165, 1.54) is 17.1 Å². The van der Waals surface area contributed by atoms with Crippen molar-refractivity contribution in [2.24, 2.45) is 0 Å². The highest BCUT2D eigenvalue weighted by molar-refractivity contribution is 4.85. The Kier molecular flexibility index (Phi) is 4.77. The van der Waals surface area contributed by atoms with E-state index in [2.05, 4.69) is 13.2 Å². The molecule has 0 aromatic rings. The quantitative estimate of drug-likeness (QED) is 0.446. The van der Waals surface area contributed by atoms with Gasteiger partial charge in [0.1, 0.15) is 12.5 Å². The van der Waals surface area contributed by atoms with Crippen LogP contribution in [0.4, 0.5) is 0 Å². The Labute approximate surface area is 67.3 Å². The van der Waals surface area contributed by atoms with E-state index >= 15 is 0 Å². The van der Waals surface area contributed by atoms with E-state index in [0.717, 1.165) is 0 Å². The molecule has 3 heteroatoms. The average Bonchev–Trinajstić information content (AvgIpc) is 2.05. The van der Waals surface area contributed by atoms with Crippen molar-refractivity contribution >= 4 is 0 Å². The molecule has 0 saturated carbocycles. The molecule has 0 spiro atoms. The third-order valence-corrected chi connectivity index (χ3v) is 1.47.